The third-order valence-electron chi connectivity index (χ3n) is 6.29. The highest BCUT2D eigenvalue weighted by Gasteiger charge is 2.40. The summed E-state index contributed by atoms with van der Waals surface area (Å²) >= 11 is 0. The van der Waals surface area contributed by atoms with E-state index in [0.717, 1.165) is 42.2 Å². The van der Waals surface area contributed by atoms with Crippen LogP contribution in [0.25, 0.3) is 5.69 Å². The number of ether oxygens (including phenoxy) is 2. The lowest BCUT2D eigenvalue weighted by molar-refractivity contribution is 0.0210. The molecular weight excluding hydrogens is 372 g/mol. The number of aliphatic hydroxyl groups excluding tert-OH is 1. The van der Waals surface area contributed by atoms with E-state index in [0.29, 0.717) is 38.4 Å². The van der Waals surface area contributed by atoms with Gasteiger partial charge in [0.1, 0.15) is 5.75 Å². The fraction of sp³-hybridized carbons (Fsp3) is 0.524. The Hall–Kier alpha value is -2.42. The van der Waals surface area contributed by atoms with Gasteiger partial charge in [0.25, 0.3) is 5.91 Å². The number of carbonyl (C=O) groups excluding carboxylic acids is 1. The zero-order chi connectivity index (χ0) is 20.0. The smallest absolute Gasteiger partial charge is 0.275 e. The van der Waals surface area contributed by atoms with Gasteiger partial charge in [-0.1, -0.05) is 0 Å². The fourth-order valence-corrected chi connectivity index (χ4v) is 4.70. The largest absolute Gasteiger partial charge is 0.497 e. The molecule has 0 aliphatic carbocycles. The van der Waals surface area contributed by atoms with E-state index in [2.05, 4.69) is 4.90 Å². The first-order chi connectivity index (χ1) is 14.2. The monoisotopic (exact) mass is 398 g/mol. The highest BCUT2D eigenvalue weighted by atomic mass is 16.5. The van der Waals surface area contributed by atoms with Crippen LogP contribution in [0.1, 0.15) is 28.2 Å². The summed E-state index contributed by atoms with van der Waals surface area (Å²) in [5.74, 6) is 0.672. The van der Waals surface area contributed by atoms with E-state index in [1.165, 1.54) is 0 Å². The predicted molar refractivity (Wildman–Crippen MR) is 105 cm³/mol. The van der Waals surface area contributed by atoms with E-state index >= 15 is 0 Å². The normalized spacial score (nSPS) is 26.1. The number of benzene rings is 1. The first kappa shape index (κ1) is 18.6. The summed E-state index contributed by atoms with van der Waals surface area (Å²) in [4.78, 5) is 17.6. The van der Waals surface area contributed by atoms with Gasteiger partial charge in [0, 0.05) is 38.2 Å². The Morgan fingerprint density at radius 3 is 2.83 bits per heavy atom. The first-order valence-corrected chi connectivity index (χ1v) is 10.2. The summed E-state index contributed by atoms with van der Waals surface area (Å²) in [7, 11) is 1.64. The number of aromatic nitrogens is 2. The third-order valence-corrected chi connectivity index (χ3v) is 6.29. The van der Waals surface area contributed by atoms with Crippen molar-refractivity contribution in [1.29, 1.82) is 0 Å². The molecule has 2 bridgehead atoms. The number of hydrogen-bond donors (Lipinski definition) is 1. The van der Waals surface area contributed by atoms with Gasteiger partial charge >= 0.3 is 0 Å². The maximum Gasteiger partial charge on any atom is 0.275 e. The van der Waals surface area contributed by atoms with Crippen LogP contribution in [0.5, 0.6) is 5.75 Å². The second-order valence-electron chi connectivity index (χ2n) is 7.91. The standard InChI is InChI=1S/C21H26N4O4/c1-28-15-4-2-14(3-5-15)25-17-7-11-29-13-16(17)20(22-25)21(27)24-10-9-23-8-6-18(24)19(26)12-23/h2-5,18-19,26H,6-13H2,1H3/t18?,19-/m0/s1. The average Bonchev–Trinajstić information content (AvgIpc) is 2.91. The van der Waals surface area contributed by atoms with E-state index in [1.54, 1.807) is 7.11 Å². The minimum absolute atomic E-state index is 0.105. The van der Waals surface area contributed by atoms with Gasteiger partial charge < -0.3 is 19.5 Å². The Labute approximate surface area is 169 Å². The van der Waals surface area contributed by atoms with Crippen LogP contribution in [0.2, 0.25) is 0 Å². The maximum absolute atomic E-state index is 13.5. The quantitative estimate of drug-likeness (QED) is 0.826. The van der Waals surface area contributed by atoms with Crippen LogP contribution in [0.3, 0.4) is 0 Å². The zero-order valence-electron chi connectivity index (χ0n) is 16.6. The molecule has 29 heavy (non-hydrogen) atoms. The van der Waals surface area contributed by atoms with Gasteiger partial charge in [-0.3, -0.25) is 9.69 Å². The Morgan fingerprint density at radius 2 is 2.07 bits per heavy atom. The SMILES string of the molecule is COc1ccc(-n2nc(C(=O)N3CCN4CCC3[C@@H](O)C4)c3c2CCOC3)cc1. The van der Waals surface area contributed by atoms with Crippen molar-refractivity contribution in [3.05, 3.63) is 41.2 Å². The lowest BCUT2D eigenvalue weighted by Gasteiger charge is -2.35. The molecule has 8 heteroatoms. The minimum Gasteiger partial charge on any atom is -0.497 e. The van der Waals surface area contributed by atoms with Gasteiger partial charge in [-0.25, -0.2) is 4.68 Å². The molecule has 4 aliphatic heterocycles. The third kappa shape index (κ3) is 3.21. The maximum atomic E-state index is 13.5. The van der Waals surface area contributed by atoms with Crippen molar-refractivity contribution < 1.29 is 19.4 Å². The number of methoxy groups -OCH3 is 1. The molecule has 3 saturated heterocycles. The van der Waals surface area contributed by atoms with Crippen molar-refractivity contribution in [2.45, 2.75) is 31.6 Å². The van der Waals surface area contributed by atoms with Crippen LogP contribution >= 0.6 is 0 Å². The van der Waals surface area contributed by atoms with E-state index in [1.807, 2.05) is 33.8 Å². The van der Waals surface area contributed by atoms with Crippen molar-refractivity contribution in [3.8, 4) is 11.4 Å². The number of carbonyl (C=O) groups is 1. The van der Waals surface area contributed by atoms with Gasteiger partial charge in [-0.15, -0.1) is 0 Å². The molecule has 1 N–H and O–H groups in total. The van der Waals surface area contributed by atoms with E-state index in [-0.39, 0.29) is 11.9 Å². The molecule has 154 valence electrons. The molecule has 8 nitrogen and oxygen atoms in total. The Balaban J connectivity index is 1.53. The molecule has 2 aromatic rings. The van der Waals surface area contributed by atoms with Gasteiger partial charge in [-0.05, 0) is 30.7 Å². The van der Waals surface area contributed by atoms with E-state index in [4.69, 9.17) is 14.6 Å². The Morgan fingerprint density at radius 1 is 1.24 bits per heavy atom. The van der Waals surface area contributed by atoms with Crippen molar-refractivity contribution in [1.82, 2.24) is 19.6 Å². The van der Waals surface area contributed by atoms with Crippen LogP contribution in [0, 0.1) is 0 Å². The topological polar surface area (TPSA) is 80.1 Å². The number of aliphatic hydroxyl groups is 1. The van der Waals surface area contributed by atoms with E-state index < -0.39 is 6.10 Å². The molecule has 6 rings (SSSR count). The molecule has 0 radical (unpaired) electrons. The minimum atomic E-state index is -0.508. The van der Waals surface area contributed by atoms with Crippen molar-refractivity contribution in [3.63, 3.8) is 0 Å². The number of fused-ring (bicyclic) bond motifs is 5. The van der Waals surface area contributed by atoms with Crippen molar-refractivity contribution in [2.24, 2.45) is 0 Å². The van der Waals surface area contributed by atoms with Crippen LogP contribution in [-0.4, -0.2) is 82.6 Å². The second-order valence-corrected chi connectivity index (χ2v) is 7.91. The Kier molecular flexibility index (Phi) is 4.77. The van der Waals surface area contributed by atoms with Crippen LogP contribution in [-0.2, 0) is 17.8 Å². The molecule has 1 aromatic carbocycles. The zero-order valence-corrected chi connectivity index (χ0v) is 16.6. The fourth-order valence-electron chi connectivity index (χ4n) is 4.70. The van der Waals surface area contributed by atoms with Crippen LogP contribution in [0.15, 0.2) is 24.3 Å². The van der Waals surface area contributed by atoms with Crippen molar-refractivity contribution >= 4 is 5.91 Å². The lowest BCUT2D eigenvalue weighted by Crippen LogP contribution is -2.51. The summed E-state index contributed by atoms with van der Waals surface area (Å²) in [5, 5.41) is 15.3. The molecule has 5 heterocycles. The lowest BCUT2D eigenvalue weighted by atomic mass is 10.0. The Bertz CT molecular complexity index is 910. The predicted octanol–water partition coefficient (Wildman–Crippen LogP) is 0.845. The highest BCUT2D eigenvalue weighted by Crippen LogP contribution is 2.28. The molecule has 1 amide bonds. The first-order valence-electron chi connectivity index (χ1n) is 10.2. The van der Waals surface area contributed by atoms with Gasteiger partial charge in [-0.2, -0.15) is 5.10 Å². The number of piperidine rings is 1. The number of amides is 1. The molecule has 4 aliphatic rings. The van der Waals surface area contributed by atoms with Crippen LogP contribution in [0.4, 0.5) is 0 Å². The van der Waals surface area contributed by atoms with Gasteiger partial charge in [0.2, 0.25) is 0 Å². The highest BCUT2D eigenvalue weighted by molar-refractivity contribution is 5.94. The molecule has 2 unspecified atom stereocenters. The average molecular weight is 398 g/mol. The van der Waals surface area contributed by atoms with Crippen molar-refractivity contribution in [2.75, 3.05) is 39.9 Å². The summed E-state index contributed by atoms with van der Waals surface area (Å²) in [5.41, 5.74) is 3.23. The summed E-state index contributed by atoms with van der Waals surface area (Å²) < 4.78 is 12.8. The summed E-state index contributed by atoms with van der Waals surface area (Å²) in [6.45, 7) is 3.97. The molecular formula is C21H26N4O4. The number of hydrogen-bond acceptors (Lipinski definition) is 6. The molecule has 1 aromatic heterocycles. The van der Waals surface area contributed by atoms with Gasteiger partial charge in [0.15, 0.2) is 5.69 Å². The second kappa shape index (κ2) is 7.44. The summed E-state index contributed by atoms with van der Waals surface area (Å²) in [6, 6.07) is 7.53. The van der Waals surface area contributed by atoms with E-state index in [9.17, 15) is 9.90 Å². The molecule has 0 spiro atoms. The van der Waals surface area contributed by atoms with Gasteiger partial charge in [0.05, 0.1) is 43.9 Å². The summed E-state index contributed by atoms with van der Waals surface area (Å²) in [6.07, 6.45) is 0.998. The molecule has 3 fully saturated rings. The number of rotatable bonds is 3. The molecule has 0 saturated carbocycles. The number of nitrogens with zero attached hydrogens (tertiary/aromatic N) is 4. The van der Waals surface area contributed by atoms with Crippen LogP contribution < -0.4 is 4.74 Å². The molecule has 3 atom stereocenters.